The van der Waals surface area contributed by atoms with Crippen LogP contribution < -0.4 is 24.8 Å². The zero-order valence-electron chi connectivity index (χ0n) is 16.3. The minimum atomic E-state index is 0. The zero-order valence-corrected chi connectivity index (χ0v) is 19.4. The maximum atomic E-state index is 8.54. The summed E-state index contributed by atoms with van der Waals surface area (Å²) < 4.78 is 0. The van der Waals surface area contributed by atoms with Gasteiger partial charge in [-0.15, -0.1) is 0 Å². The SMILES string of the molecule is OCc1ccccc1.[Cl-].[Cl-].[Ti+3].[c-]1ccccc1C1c2ccccc2-c2ccccc21. The number of halogens is 2. The van der Waals surface area contributed by atoms with Crippen molar-refractivity contribution in [2.24, 2.45) is 0 Å². The Morgan fingerprint density at radius 3 is 1.60 bits per heavy atom. The van der Waals surface area contributed by atoms with Gasteiger partial charge in [-0.3, -0.25) is 0 Å². The third-order valence-electron chi connectivity index (χ3n) is 4.90. The second-order valence-corrected chi connectivity index (χ2v) is 6.57. The first-order valence-electron chi connectivity index (χ1n) is 9.18. The van der Waals surface area contributed by atoms with Gasteiger partial charge >= 0.3 is 21.7 Å². The Bertz CT molecular complexity index is 978. The Morgan fingerprint density at radius 2 is 1.13 bits per heavy atom. The van der Waals surface area contributed by atoms with Gasteiger partial charge in [0.25, 0.3) is 0 Å². The molecule has 4 aromatic rings. The molecule has 1 aliphatic rings. The van der Waals surface area contributed by atoms with E-state index in [0.29, 0.717) is 5.92 Å². The van der Waals surface area contributed by atoms with Crippen molar-refractivity contribution < 1.29 is 51.6 Å². The number of benzene rings is 4. The summed E-state index contributed by atoms with van der Waals surface area (Å²) in [5.41, 5.74) is 7.73. The van der Waals surface area contributed by atoms with Gasteiger partial charge in [-0.1, -0.05) is 78.9 Å². The predicted octanol–water partition coefficient (Wildman–Crippen LogP) is -0.168. The Balaban J connectivity index is 0.000000355. The van der Waals surface area contributed by atoms with E-state index < -0.39 is 0 Å². The van der Waals surface area contributed by atoms with Crippen LogP contribution in [-0.2, 0) is 28.3 Å². The largest absolute Gasteiger partial charge is 3.00 e. The van der Waals surface area contributed by atoms with Crippen LogP contribution in [0, 0.1) is 6.07 Å². The van der Waals surface area contributed by atoms with Gasteiger partial charge in [-0.05, 0) is 27.8 Å². The van der Waals surface area contributed by atoms with E-state index in [2.05, 4.69) is 66.7 Å². The van der Waals surface area contributed by atoms with Crippen LogP contribution in [0.25, 0.3) is 11.1 Å². The summed E-state index contributed by atoms with van der Waals surface area (Å²) in [4.78, 5) is 0. The fourth-order valence-electron chi connectivity index (χ4n) is 3.66. The molecular weight excluding hydrogens is 447 g/mol. The van der Waals surface area contributed by atoms with E-state index in [4.69, 9.17) is 5.11 Å². The molecule has 149 valence electrons. The van der Waals surface area contributed by atoms with E-state index in [1.54, 1.807) is 0 Å². The van der Waals surface area contributed by atoms with Crippen LogP contribution in [0.4, 0.5) is 0 Å². The van der Waals surface area contributed by atoms with Gasteiger partial charge in [-0.2, -0.15) is 35.9 Å². The second kappa shape index (κ2) is 12.7. The van der Waals surface area contributed by atoms with Gasteiger partial charge in [0.15, 0.2) is 0 Å². The molecule has 0 fully saturated rings. The molecule has 0 spiro atoms. The average Bonchev–Trinajstić information content (AvgIpc) is 3.10. The van der Waals surface area contributed by atoms with Crippen molar-refractivity contribution in [2.45, 2.75) is 12.5 Å². The Hall–Kier alpha value is -1.87. The fourth-order valence-corrected chi connectivity index (χ4v) is 3.66. The minimum absolute atomic E-state index is 0. The van der Waals surface area contributed by atoms with E-state index in [-0.39, 0.29) is 53.1 Å². The Kier molecular flexibility index (Phi) is 11.1. The molecule has 1 radical (unpaired) electrons. The van der Waals surface area contributed by atoms with Crippen molar-refractivity contribution in [1.29, 1.82) is 0 Å². The molecule has 1 nitrogen and oxygen atoms in total. The normalized spacial score (nSPS) is 10.7. The molecule has 0 aliphatic heterocycles. The smallest absolute Gasteiger partial charge is 1.00 e. The van der Waals surface area contributed by atoms with E-state index in [9.17, 15) is 0 Å². The van der Waals surface area contributed by atoms with Crippen LogP contribution in [0.5, 0.6) is 0 Å². The van der Waals surface area contributed by atoms with Crippen molar-refractivity contribution in [3.8, 4) is 11.1 Å². The molecule has 0 bridgehead atoms. The van der Waals surface area contributed by atoms with Crippen LogP contribution in [0.1, 0.15) is 28.2 Å². The van der Waals surface area contributed by atoms with Crippen molar-refractivity contribution >= 4 is 0 Å². The Morgan fingerprint density at radius 1 is 0.633 bits per heavy atom. The molecule has 0 unspecified atom stereocenters. The number of hydrogen-bond donors (Lipinski definition) is 1. The summed E-state index contributed by atoms with van der Waals surface area (Å²) in [6.45, 7) is 0.140. The van der Waals surface area contributed by atoms with E-state index in [1.807, 2.05) is 42.5 Å². The minimum Gasteiger partial charge on any atom is -1.00 e. The van der Waals surface area contributed by atoms with Crippen molar-refractivity contribution in [2.75, 3.05) is 0 Å². The molecule has 0 heterocycles. The summed E-state index contributed by atoms with van der Waals surface area (Å²) in [6, 6.07) is 38.6. The van der Waals surface area contributed by atoms with Crippen LogP contribution in [0.15, 0.2) is 103 Å². The molecule has 0 saturated heterocycles. The molecule has 1 N–H and O–H groups in total. The summed E-state index contributed by atoms with van der Waals surface area (Å²) in [5.74, 6) is 0.327. The number of fused-ring (bicyclic) bond motifs is 3. The monoisotopic (exact) mass is 467 g/mol. The van der Waals surface area contributed by atoms with Crippen LogP contribution in [-0.4, -0.2) is 5.11 Å². The number of aliphatic hydroxyl groups excluding tert-OH is 1. The fraction of sp³-hybridized carbons (Fsp3) is 0.0769. The molecule has 5 rings (SSSR count). The summed E-state index contributed by atoms with van der Waals surface area (Å²) in [5, 5.41) is 8.54. The zero-order chi connectivity index (χ0) is 18.5. The third kappa shape index (κ3) is 5.63. The first-order valence-corrected chi connectivity index (χ1v) is 9.18. The van der Waals surface area contributed by atoms with Gasteiger partial charge in [0.2, 0.25) is 0 Å². The molecule has 0 aromatic heterocycles. The van der Waals surface area contributed by atoms with Crippen molar-refractivity contribution in [1.82, 2.24) is 0 Å². The van der Waals surface area contributed by atoms with Gasteiger partial charge < -0.3 is 29.9 Å². The van der Waals surface area contributed by atoms with Gasteiger partial charge in [0.05, 0.1) is 6.61 Å². The summed E-state index contributed by atoms with van der Waals surface area (Å²) in [7, 11) is 0. The van der Waals surface area contributed by atoms with E-state index >= 15 is 0 Å². The maximum absolute atomic E-state index is 8.54. The van der Waals surface area contributed by atoms with Crippen LogP contribution >= 0.6 is 0 Å². The topological polar surface area (TPSA) is 20.2 Å². The first-order chi connectivity index (χ1) is 13.4. The second-order valence-electron chi connectivity index (χ2n) is 6.57. The number of rotatable bonds is 2. The third-order valence-corrected chi connectivity index (χ3v) is 4.90. The standard InChI is InChI=1S/C19H13.C7H8O.2ClH.Ti/c1-2-8-14(9-3-1)19-17-12-6-4-10-15(17)16-11-5-7-13-18(16)19;8-6-7-4-2-1-3-5-7;;;/h1-8,10-13,19H;1-5,8H,6H2;2*1H;/q-1;;;;+3/p-2. The molecule has 0 atom stereocenters. The average molecular weight is 468 g/mol. The molecule has 4 heteroatoms. The number of aliphatic hydroxyl groups is 1. The summed E-state index contributed by atoms with van der Waals surface area (Å²) in [6.07, 6.45) is 0. The molecule has 1 aliphatic carbocycles. The van der Waals surface area contributed by atoms with Crippen molar-refractivity contribution in [3.63, 3.8) is 0 Å². The summed E-state index contributed by atoms with van der Waals surface area (Å²) >= 11 is 0. The van der Waals surface area contributed by atoms with Gasteiger partial charge in [0.1, 0.15) is 0 Å². The molecule has 0 saturated carbocycles. The van der Waals surface area contributed by atoms with Crippen molar-refractivity contribution in [3.05, 3.63) is 131 Å². The predicted molar refractivity (Wildman–Crippen MR) is 110 cm³/mol. The Labute approximate surface area is 205 Å². The molecular formula is C26H21Cl2OTi. The molecule has 30 heavy (non-hydrogen) atoms. The van der Waals surface area contributed by atoms with Crippen LogP contribution in [0.2, 0.25) is 0 Å². The molecule has 0 amide bonds. The van der Waals surface area contributed by atoms with Crippen LogP contribution in [0.3, 0.4) is 0 Å². The van der Waals surface area contributed by atoms with E-state index in [1.165, 1.54) is 27.8 Å². The number of hydrogen-bond acceptors (Lipinski definition) is 1. The van der Waals surface area contributed by atoms with E-state index in [0.717, 1.165) is 5.56 Å². The quantitative estimate of drug-likeness (QED) is 0.282. The van der Waals surface area contributed by atoms with Gasteiger partial charge in [0, 0.05) is 5.92 Å². The maximum Gasteiger partial charge on any atom is 3.00 e. The first kappa shape index (κ1) is 26.2. The van der Waals surface area contributed by atoms with Gasteiger partial charge in [-0.25, -0.2) is 0 Å². The molecule has 4 aromatic carbocycles.